The van der Waals surface area contributed by atoms with Gasteiger partial charge < -0.3 is 20.2 Å². The molecule has 1 aliphatic rings. The van der Waals surface area contributed by atoms with Gasteiger partial charge in [0.05, 0.1) is 6.04 Å². The third kappa shape index (κ3) is 6.94. The van der Waals surface area contributed by atoms with Crippen LogP contribution in [0.3, 0.4) is 0 Å². The molecule has 174 valence electrons. The highest BCUT2D eigenvalue weighted by atomic mass is 32.2. The highest BCUT2D eigenvalue weighted by Crippen LogP contribution is 2.22. The zero-order valence-corrected chi connectivity index (χ0v) is 18.5. The second-order valence-corrected chi connectivity index (χ2v) is 8.47. The summed E-state index contributed by atoms with van der Waals surface area (Å²) in [5.74, 6) is -2.18. The highest BCUT2D eigenvalue weighted by molar-refractivity contribution is 8.13. The second kappa shape index (κ2) is 11.5. The van der Waals surface area contributed by atoms with Gasteiger partial charge in [-0.3, -0.25) is 14.4 Å². The van der Waals surface area contributed by atoms with Crippen LogP contribution in [0.2, 0.25) is 0 Å². The molecule has 32 heavy (non-hydrogen) atoms. The third-order valence-electron chi connectivity index (χ3n) is 4.97. The molecule has 12 heteroatoms. The van der Waals surface area contributed by atoms with Crippen molar-refractivity contribution in [3.05, 3.63) is 45.5 Å². The predicted molar refractivity (Wildman–Crippen MR) is 114 cm³/mol. The number of hydrogen-bond donors (Lipinski definition) is 2. The van der Waals surface area contributed by atoms with E-state index in [0.29, 0.717) is 24.9 Å². The maximum atomic E-state index is 12.5. The van der Waals surface area contributed by atoms with Crippen molar-refractivity contribution in [1.82, 2.24) is 10.2 Å². The summed E-state index contributed by atoms with van der Waals surface area (Å²) < 4.78 is 0. The van der Waals surface area contributed by atoms with Crippen molar-refractivity contribution >= 4 is 34.7 Å². The van der Waals surface area contributed by atoms with Crippen LogP contribution in [0.15, 0.2) is 24.3 Å². The fourth-order valence-corrected chi connectivity index (χ4v) is 4.06. The highest BCUT2D eigenvalue weighted by Gasteiger charge is 2.36. The topological polar surface area (TPSA) is 156 Å². The molecule has 0 radical (unpaired) electrons. The lowest BCUT2D eigenvalue weighted by Crippen LogP contribution is -2.43. The quantitative estimate of drug-likeness (QED) is 0.384. The lowest BCUT2D eigenvalue weighted by Gasteiger charge is -2.24. The molecule has 1 unspecified atom stereocenters. The van der Waals surface area contributed by atoms with Crippen molar-refractivity contribution in [1.29, 1.82) is 0 Å². The predicted octanol–water partition coefficient (Wildman–Crippen LogP) is 1.48. The number of nitrogens with one attached hydrogen (secondary N) is 1. The smallest absolute Gasteiger partial charge is 0.326 e. The van der Waals surface area contributed by atoms with Gasteiger partial charge in [-0.1, -0.05) is 30.8 Å². The zero-order valence-electron chi connectivity index (χ0n) is 17.7. The van der Waals surface area contributed by atoms with Gasteiger partial charge in [0.1, 0.15) is 12.6 Å². The van der Waals surface area contributed by atoms with Crippen LogP contribution >= 0.6 is 11.8 Å². The van der Waals surface area contributed by atoms with Crippen LogP contribution < -0.4 is 5.32 Å². The minimum Gasteiger partial charge on any atom is -0.480 e. The summed E-state index contributed by atoms with van der Waals surface area (Å²) in [5, 5.41) is 20.8. The molecule has 0 bridgehead atoms. The van der Waals surface area contributed by atoms with E-state index in [1.165, 1.54) is 36.1 Å². The minimum atomic E-state index is -1.03. The molecule has 1 heterocycles. The van der Waals surface area contributed by atoms with Gasteiger partial charge in [0.2, 0.25) is 11.0 Å². The number of thioether (sulfide) groups is 1. The average Bonchev–Trinajstić information content (AvgIpc) is 3.25. The van der Waals surface area contributed by atoms with Crippen molar-refractivity contribution in [3.8, 4) is 0 Å². The van der Waals surface area contributed by atoms with E-state index in [9.17, 15) is 34.4 Å². The first kappa shape index (κ1) is 25.1. The lowest BCUT2D eigenvalue weighted by molar-refractivity contribution is -0.763. The van der Waals surface area contributed by atoms with Crippen molar-refractivity contribution in [2.24, 2.45) is 5.92 Å². The molecule has 1 aromatic rings. The van der Waals surface area contributed by atoms with Gasteiger partial charge in [0, 0.05) is 23.8 Å². The van der Waals surface area contributed by atoms with E-state index < -0.39 is 35.0 Å². The molecule has 2 rings (SSSR count). The van der Waals surface area contributed by atoms with Crippen LogP contribution in [0.1, 0.15) is 42.6 Å². The van der Waals surface area contributed by atoms with Crippen LogP contribution in [0.25, 0.3) is 0 Å². The average molecular weight is 468 g/mol. The summed E-state index contributed by atoms with van der Waals surface area (Å²) in [4.78, 5) is 64.3. The molecule has 0 aliphatic carbocycles. The standard InChI is InChI=1S/C20H25N3O8S/c1-12(18(25)22-9-3-4-16(22)19(26)27)11-32-20(28)13(2)21-17(24)15-7-5-14(6-8-15)10-31-23(29)30/h5-8,12-13,16H,3-4,9-11H2,1-2H3,(H,21,24)(H,26,27)/t12?,13-,16-/m0/s1. The van der Waals surface area contributed by atoms with E-state index in [-0.39, 0.29) is 28.9 Å². The fourth-order valence-electron chi connectivity index (χ4n) is 3.19. The number of aliphatic carboxylic acids is 1. The Labute approximate surface area is 188 Å². The molecule has 2 amide bonds. The molecule has 1 saturated heterocycles. The first-order valence-corrected chi connectivity index (χ1v) is 11.0. The van der Waals surface area contributed by atoms with Crippen LogP contribution in [0.5, 0.6) is 0 Å². The molecule has 0 aromatic heterocycles. The summed E-state index contributed by atoms with van der Waals surface area (Å²) in [7, 11) is 0. The van der Waals surface area contributed by atoms with Crippen molar-refractivity contribution in [3.63, 3.8) is 0 Å². The number of nitrogens with zero attached hydrogens (tertiary/aromatic N) is 2. The van der Waals surface area contributed by atoms with E-state index in [0.717, 1.165) is 11.8 Å². The molecule has 3 atom stereocenters. The molecule has 1 aromatic carbocycles. The summed E-state index contributed by atoms with van der Waals surface area (Å²) in [5.41, 5.74) is 0.788. The van der Waals surface area contributed by atoms with Gasteiger partial charge >= 0.3 is 5.97 Å². The van der Waals surface area contributed by atoms with Gasteiger partial charge in [-0.25, -0.2) is 4.79 Å². The zero-order chi connectivity index (χ0) is 23.8. The van der Waals surface area contributed by atoms with Gasteiger partial charge in [-0.15, -0.1) is 10.1 Å². The summed E-state index contributed by atoms with van der Waals surface area (Å²) in [6.07, 6.45) is 1.06. The number of carboxylic acids is 1. The monoisotopic (exact) mass is 467 g/mol. The number of carbonyl (C=O) groups is 4. The molecule has 0 spiro atoms. The molecule has 0 saturated carbocycles. The van der Waals surface area contributed by atoms with Crippen LogP contribution in [-0.4, -0.2) is 62.4 Å². The van der Waals surface area contributed by atoms with Crippen molar-refractivity contribution < 1.29 is 34.2 Å². The maximum Gasteiger partial charge on any atom is 0.326 e. The van der Waals surface area contributed by atoms with Crippen molar-refractivity contribution in [2.45, 2.75) is 45.4 Å². The largest absolute Gasteiger partial charge is 0.480 e. The Hall–Kier alpha value is -3.15. The van der Waals surface area contributed by atoms with Gasteiger partial charge in [0.25, 0.3) is 11.0 Å². The summed E-state index contributed by atoms with van der Waals surface area (Å²) >= 11 is 0.909. The molecular formula is C20H25N3O8S. The van der Waals surface area contributed by atoms with E-state index in [1.54, 1.807) is 6.92 Å². The van der Waals surface area contributed by atoms with Crippen molar-refractivity contribution in [2.75, 3.05) is 12.3 Å². The van der Waals surface area contributed by atoms with Gasteiger partial charge in [-0.2, -0.15) is 0 Å². The summed E-state index contributed by atoms with van der Waals surface area (Å²) in [6.45, 7) is 3.33. The Kier molecular flexibility index (Phi) is 9.00. The van der Waals surface area contributed by atoms with E-state index in [1.807, 2.05) is 0 Å². The maximum absolute atomic E-state index is 12.5. The third-order valence-corrected chi connectivity index (χ3v) is 6.28. The first-order valence-electron chi connectivity index (χ1n) is 9.97. The van der Waals surface area contributed by atoms with Crippen LogP contribution in [0, 0.1) is 16.0 Å². The number of likely N-dealkylation sites (tertiary alicyclic amines) is 1. The normalized spacial score (nSPS) is 17.3. The number of benzene rings is 1. The van der Waals surface area contributed by atoms with Gasteiger partial charge in [0.15, 0.2) is 0 Å². The van der Waals surface area contributed by atoms with Crippen LogP contribution in [0.4, 0.5) is 0 Å². The molecule has 11 nitrogen and oxygen atoms in total. The summed E-state index contributed by atoms with van der Waals surface area (Å²) in [6, 6.07) is 4.32. The van der Waals surface area contributed by atoms with Gasteiger partial charge in [-0.05, 0) is 37.5 Å². The number of rotatable bonds is 10. The fraction of sp³-hybridized carbons (Fsp3) is 0.500. The molecule has 1 aliphatic heterocycles. The minimum absolute atomic E-state index is 0.172. The number of carbonyl (C=O) groups excluding carboxylic acids is 3. The Morgan fingerprint density at radius 3 is 2.53 bits per heavy atom. The Morgan fingerprint density at radius 1 is 1.28 bits per heavy atom. The molecule has 1 fully saturated rings. The van der Waals surface area contributed by atoms with Crippen LogP contribution in [-0.2, 0) is 25.8 Å². The lowest BCUT2D eigenvalue weighted by atomic mass is 10.1. The van der Waals surface area contributed by atoms with E-state index in [2.05, 4.69) is 10.2 Å². The molecular weight excluding hydrogens is 442 g/mol. The number of carboxylic acid groups (broad SMARTS) is 1. The SMILES string of the molecule is CC(CSC(=O)[C@H](C)NC(=O)c1ccc(CO[N+](=O)[O-])cc1)C(=O)N1CCC[C@H]1C(=O)O. The number of amides is 2. The molecule has 2 N–H and O–H groups in total. The Balaban J connectivity index is 1.82. The van der Waals surface area contributed by atoms with E-state index in [4.69, 9.17) is 0 Å². The van der Waals surface area contributed by atoms with E-state index >= 15 is 0 Å². The second-order valence-electron chi connectivity index (χ2n) is 7.45. The Morgan fingerprint density at radius 2 is 1.94 bits per heavy atom. The first-order chi connectivity index (χ1) is 15.1. The number of hydrogen-bond acceptors (Lipinski definition) is 8. The Bertz CT molecular complexity index is 876.